The fourth-order valence-electron chi connectivity index (χ4n) is 1.04. The third-order valence-corrected chi connectivity index (χ3v) is 2.65. The molecule has 0 bridgehead atoms. The summed E-state index contributed by atoms with van der Waals surface area (Å²) in [7, 11) is 0. The van der Waals surface area contributed by atoms with E-state index in [1.807, 2.05) is 0 Å². The highest BCUT2D eigenvalue weighted by atomic mass is 32.2. The highest BCUT2D eigenvalue weighted by Crippen LogP contribution is 2.25. The van der Waals surface area contributed by atoms with E-state index in [9.17, 15) is 4.79 Å². The molecule has 4 nitrogen and oxygen atoms in total. The van der Waals surface area contributed by atoms with Gasteiger partial charge in [0.25, 0.3) is 5.56 Å². The second-order valence-electron chi connectivity index (χ2n) is 2.85. The number of nitrogens with one attached hydrogen (secondary N) is 1. The van der Waals surface area contributed by atoms with Crippen LogP contribution in [0.15, 0.2) is 51.4 Å². The number of phenols is 1. The summed E-state index contributed by atoms with van der Waals surface area (Å²) in [5.74, 6) is 0.221. The third kappa shape index (κ3) is 2.60. The fourth-order valence-corrected chi connectivity index (χ4v) is 1.83. The molecule has 0 radical (unpaired) electrons. The first-order chi connectivity index (χ1) is 7.24. The summed E-state index contributed by atoms with van der Waals surface area (Å²) in [4.78, 5) is 18.4. The lowest BCUT2D eigenvalue weighted by Crippen LogP contribution is -2.03. The Morgan fingerprint density at radius 2 is 2.00 bits per heavy atom. The van der Waals surface area contributed by atoms with Gasteiger partial charge >= 0.3 is 0 Å². The minimum Gasteiger partial charge on any atom is -0.508 e. The van der Waals surface area contributed by atoms with Crippen molar-refractivity contribution in [1.82, 2.24) is 9.97 Å². The lowest BCUT2D eigenvalue weighted by atomic mass is 10.3. The van der Waals surface area contributed by atoms with Gasteiger partial charge in [-0.2, -0.15) is 0 Å². The number of aromatic amines is 1. The Bertz CT molecular complexity index is 507. The van der Waals surface area contributed by atoms with Crippen molar-refractivity contribution < 1.29 is 5.11 Å². The summed E-state index contributed by atoms with van der Waals surface area (Å²) in [6.07, 6.45) is 1.37. The lowest BCUT2D eigenvalue weighted by Gasteiger charge is -1.99. The standard InChI is InChI=1S/C10H8N2O2S/c13-7-1-3-8(4-2-7)15-10-5-9(14)11-6-12-10/h1-6,13H,(H,11,12,14). The van der Waals surface area contributed by atoms with Gasteiger partial charge in [-0.15, -0.1) is 0 Å². The molecule has 15 heavy (non-hydrogen) atoms. The van der Waals surface area contributed by atoms with E-state index in [1.54, 1.807) is 24.3 Å². The fraction of sp³-hybridized carbons (Fsp3) is 0. The summed E-state index contributed by atoms with van der Waals surface area (Å²) < 4.78 is 0. The van der Waals surface area contributed by atoms with Crippen molar-refractivity contribution in [2.24, 2.45) is 0 Å². The van der Waals surface area contributed by atoms with Crippen LogP contribution in [-0.2, 0) is 0 Å². The van der Waals surface area contributed by atoms with Crippen LogP contribution in [0.25, 0.3) is 0 Å². The van der Waals surface area contributed by atoms with Gasteiger partial charge in [0.15, 0.2) is 0 Å². The van der Waals surface area contributed by atoms with Gasteiger partial charge < -0.3 is 10.1 Å². The van der Waals surface area contributed by atoms with Crippen LogP contribution >= 0.6 is 11.8 Å². The number of phenolic OH excluding ortho intramolecular Hbond substituents is 1. The van der Waals surface area contributed by atoms with Gasteiger partial charge in [0.05, 0.1) is 6.33 Å². The number of nitrogens with zero attached hydrogens (tertiary/aromatic N) is 1. The first-order valence-electron chi connectivity index (χ1n) is 4.26. The minimum absolute atomic E-state index is 0.175. The molecule has 0 saturated heterocycles. The summed E-state index contributed by atoms with van der Waals surface area (Å²) in [5, 5.41) is 9.72. The normalized spacial score (nSPS) is 10.1. The van der Waals surface area contributed by atoms with Crippen molar-refractivity contribution in [3.05, 3.63) is 47.0 Å². The van der Waals surface area contributed by atoms with Gasteiger partial charge in [-0.1, -0.05) is 11.8 Å². The Hall–Kier alpha value is -1.75. The zero-order chi connectivity index (χ0) is 10.7. The Morgan fingerprint density at radius 1 is 1.27 bits per heavy atom. The Balaban J connectivity index is 2.22. The second-order valence-corrected chi connectivity index (χ2v) is 3.94. The molecule has 0 fully saturated rings. The third-order valence-electron chi connectivity index (χ3n) is 1.71. The van der Waals surface area contributed by atoms with E-state index in [-0.39, 0.29) is 11.3 Å². The average molecular weight is 220 g/mol. The molecule has 0 spiro atoms. The van der Waals surface area contributed by atoms with Crippen LogP contribution in [0.1, 0.15) is 0 Å². The number of aromatic nitrogens is 2. The van der Waals surface area contributed by atoms with Gasteiger partial charge in [0.2, 0.25) is 0 Å². The van der Waals surface area contributed by atoms with Crippen molar-refractivity contribution in [2.75, 3.05) is 0 Å². The van der Waals surface area contributed by atoms with Crippen molar-refractivity contribution in [3.8, 4) is 5.75 Å². The van der Waals surface area contributed by atoms with E-state index in [4.69, 9.17) is 5.11 Å². The molecule has 0 atom stereocenters. The molecule has 0 amide bonds. The molecular formula is C10H8N2O2S. The molecule has 2 rings (SSSR count). The average Bonchev–Trinajstić information content (AvgIpc) is 2.22. The van der Waals surface area contributed by atoms with Gasteiger partial charge in [0, 0.05) is 11.0 Å². The van der Waals surface area contributed by atoms with Crippen molar-refractivity contribution >= 4 is 11.8 Å². The summed E-state index contributed by atoms with van der Waals surface area (Å²) in [6.45, 7) is 0. The number of hydrogen-bond donors (Lipinski definition) is 2. The van der Waals surface area contributed by atoms with Crippen molar-refractivity contribution in [2.45, 2.75) is 9.92 Å². The SMILES string of the molecule is O=c1cc(Sc2ccc(O)cc2)nc[nH]1. The number of benzene rings is 1. The number of hydrogen-bond acceptors (Lipinski definition) is 4. The summed E-state index contributed by atoms with van der Waals surface area (Å²) >= 11 is 1.37. The monoisotopic (exact) mass is 220 g/mol. The minimum atomic E-state index is -0.175. The Kier molecular flexibility index (Phi) is 2.73. The highest BCUT2D eigenvalue weighted by molar-refractivity contribution is 7.99. The van der Waals surface area contributed by atoms with E-state index in [0.717, 1.165) is 4.90 Å². The molecule has 0 aliphatic rings. The molecule has 76 valence electrons. The van der Waals surface area contributed by atoms with Gasteiger partial charge in [-0.05, 0) is 24.3 Å². The molecule has 5 heteroatoms. The highest BCUT2D eigenvalue weighted by Gasteiger charge is 1.99. The predicted octanol–water partition coefficient (Wildman–Crippen LogP) is 1.63. The van der Waals surface area contributed by atoms with E-state index in [0.29, 0.717) is 5.03 Å². The zero-order valence-corrected chi connectivity index (χ0v) is 8.49. The van der Waals surface area contributed by atoms with Crippen LogP contribution in [0.2, 0.25) is 0 Å². The first kappa shape index (κ1) is 9.79. The molecule has 2 aromatic rings. The molecule has 1 heterocycles. The molecule has 0 saturated carbocycles. The topological polar surface area (TPSA) is 66.0 Å². The first-order valence-corrected chi connectivity index (χ1v) is 5.07. The van der Waals surface area contributed by atoms with Crippen LogP contribution in [0.4, 0.5) is 0 Å². The quantitative estimate of drug-likeness (QED) is 0.755. The van der Waals surface area contributed by atoms with E-state index in [1.165, 1.54) is 24.2 Å². The van der Waals surface area contributed by atoms with Crippen LogP contribution in [0, 0.1) is 0 Å². The molecule has 0 aliphatic heterocycles. The largest absolute Gasteiger partial charge is 0.508 e. The van der Waals surface area contributed by atoms with E-state index in [2.05, 4.69) is 9.97 Å². The molecular weight excluding hydrogens is 212 g/mol. The number of aromatic hydroxyl groups is 1. The maximum Gasteiger partial charge on any atom is 0.251 e. The smallest absolute Gasteiger partial charge is 0.251 e. The molecule has 1 aromatic heterocycles. The summed E-state index contributed by atoms with van der Waals surface area (Å²) in [5.41, 5.74) is -0.175. The van der Waals surface area contributed by atoms with Crippen molar-refractivity contribution in [3.63, 3.8) is 0 Å². The maximum atomic E-state index is 11.0. The maximum absolute atomic E-state index is 11.0. The number of H-pyrrole nitrogens is 1. The molecule has 0 aliphatic carbocycles. The van der Waals surface area contributed by atoms with E-state index < -0.39 is 0 Å². The molecule has 2 N–H and O–H groups in total. The van der Waals surface area contributed by atoms with E-state index >= 15 is 0 Å². The molecule has 0 unspecified atom stereocenters. The zero-order valence-electron chi connectivity index (χ0n) is 7.68. The Morgan fingerprint density at radius 3 is 2.67 bits per heavy atom. The molecule has 1 aromatic carbocycles. The van der Waals surface area contributed by atoms with Crippen LogP contribution in [-0.4, -0.2) is 15.1 Å². The Labute approximate surface area is 90.0 Å². The lowest BCUT2D eigenvalue weighted by molar-refractivity contribution is 0.475. The van der Waals surface area contributed by atoms with Crippen LogP contribution in [0.3, 0.4) is 0 Å². The van der Waals surface area contributed by atoms with Crippen LogP contribution < -0.4 is 5.56 Å². The van der Waals surface area contributed by atoms with Gasteiger partial charge in [-0.3, -0.25) is 4.79 Å². The van der Waals surface area contributed by atoms with Crippen molar-refractivity contribution in [1.29, 1.82) is 0 Å². The predicted molar refractivity (Wildman–Crippen MR) is 57.1 cm³/mol. The summed E-state index contributed by atoms with van der Waals surface area (Å²) in [6, 6.07) is 8.15. The number of rotatable bonds is 2. The van der Waals surface area contributed by atoms with Gasteiger partial charge in [-0.25, -0.2) is 4.98 Å². The second kappa shape index (κ2) is 4.18. The van der Waals surface area contributed by atoms with Crippen LogP contribution in [0.5, 0.6) is 5.75 Å². The van der Waals surface area contributed by atoms with Gasteiger partial charge in [0.1, 0.15) is 10.8 Å².